The lowest BCUT2D eigenvalue weighted by molar-refractivity contribution is -0.119. The van der Waals surface area contributed by atoms with E-state index in [1.165, 1.54) is 12.3 Å². The van der Waals surface area contributed by atoms with Gasteiger partial charge in [0.15, 0.2) is 0 Å². The predicted molar refractivity (Wildman–Crippen MR) is 68.6 cm³/mol. The molecule has 1 atom stereocenters. The maximum Gasteiger partial charge on any atom is 0.337 e. The van der Waals surface area contributed by atoms with Crippen LogP contribution in [0.4, 0.5) is 0 Å². The van der Waals surface area contributed by atoms with E-state index in [-0.39, 0.29) is 24.2 Å². The quantitative estimate of drug-likeness (QED) is 0.778. The van der Waals surface area contributed by atoms with Crippen molar-refractivity contribution in [3.8, 4) is 0 Å². The minimum atomic E-state index is -1.03. The van der Waals surface area contributed by atoms with Crippen molar-refractivity contribution in [3.05, 3.63) is 29.6 Å². The van der Waals surface area contributed by atoms with Crippen molar-refractivity contribution >= 4 is 11.9 Å². The van der Waals surface area contributed by atoms with Gasteiger partial charge in [0, 0.05) is 12.6 Å². The summed E-state index contributed by atoms with van der Waals surface area (Å²) in [5.41, 5.74) is 5.83. The van der Waals surface area contributed by atoms with Crippen LogP contribution in [0.3, 0.4) is 0 Å². The molecular formula is C13H18N2O4. The van der Waals surface area contributed by atoms with Crippen LogP contribution in [0.1, 0.15) is 48.8 Å². The Morgan fingerprint density at radius 3 is 2.53 bits per heavy atom. The highest BCUT2D eigenvalue weighted by atomic mass is 16.5. The molecule has 1 aromatic rings. The van der Waals surface area contributed by atoms with Crippen LogP contribution in [-0.4, -0.2) is 28.1 Å². The van der Waals surface area contributed by atoms with Gasteiger partial charge >= 0.3 is 5.97 Å². The summed E-state index contributed by atoms with van der Waals surface area (Å²) in [5.74, 6) is -1.43. The number of hydrogen-bond donors (Lipinski definition) is 2. The molecule has 6 nitrogen and oxygen atoms in total. The summed E-state index contributed by atoms with van der Waals surface area (Å²) in [6.07, 6.45) is 1.50. The average molecular weight is 266 g/mol. The van der Waals surface area contributed by atoms with Crippen LogP contribution >= 0.6 is 0 Å². The molecule has 6 heteroatoms. The first kappa shape index (κ1) is 15.1. The standard InChI is InChI=1S/C13H18N2O4/c1-8(2)19-11(5-6-12(14)16)10-4-3-9(7-15-10)13(17)18/h3-4,7-8,11H,5-6H2,1-2H3,(H2,14,16)(H,17,18). The van der Waals surface area contributed by atoms with Crippen molar-refractivity contribution < 1.29 is 19.4 Å². The van der Waals surface area contributed by atoms with E-state index in [4.69, 9.17) is 15.6 Å². The highest BCUT2D eigenvalue weighted by Gasteiger charge is 2.17. The largest absolute Gasteiger partial charge is 0.478 e. The van der Waals surface area contributed by atoms with Crippen LogP contribution in [0.15, 0.2) is 18.3 Å². The summed E-state index contributed by atoms with van der Waals surface area (Å²) in [5, 5.41) is 8.80. The van der Waals surface area contributed by atoms with Gasteiger partial charge in [0.2, 0.25) is 5.91 Å². The van der Waals surface area contributed by atoms with Gasteiger partial charge in [-0.1, -0.05) is 0 Å². The molecule has 0 aliphatic carbocycles. The summed E-state index contributed by atoms with van der Waals surface area (Å²) < 4.78 is 5.67. The van der Waals surface area contributed by atoms with E-state index in [0.29, 0.717) is 12.1 Å². The third-order valence-corrected chi connectivity index (χ3v) is 2.45. The van der Waals surface area contributed by atoms with Crippen LogP contribution < -0.4 is 5.73 Å². The molecule has 0 saturated carbocycles. The number of primary amides is 1. The third-order valence-electron chi connectivity index (χ3n) is 2.45. The molecule has 1 heterocycles. The topological polar surface area (TPSA) is 103 Å². The minimum absolute atomic E-state index is 0.0289. The van der Waals surface area contributed by atoms with Gasteiger partial charge in [0.1, 0.15) is 6.10 Å². The van der Waals surface area contributed by atoms with E-state index in [2.05, 4.69) is 4.98 Å². The minimum Gasteiger partial charge on any atom is -0.478 e. The summed E-state index contributed by atoms with van der Waals surface area (Å²) in [6.45, 7) is 3.76. The molecule has 1 unspecified atom stereocenters. The predicted octanol–water partition coefficient (Wildman–Crippen LogP) is 1.51. The lowest BCUT2D eigenvalue weighted by Gasteiger charge is -2.19. The molecule has 1 amide bonds. The lowest BCUT2D eigenvalue weighted by Crippen LogP contribution is -2.17. The maximum absolute atomic E-state index is 10.8. The molecule has 104 valence electrons. The highest BCUT2D eigenvalue weighted by Crippen LogP contribution is 2.22. The number of pyridine rings is 1. The number of aromatic carboxylic acids is 1. The molecule has 0 aliphatic rings. The van der Waals surface area contributed by atoms with Crippen LogP contribution in [-0.2, 0) is 9.53 Å². The molecule has 0 spiro atoms. The van der Waals surface area contributed by atoms with Crippen LogP contribution in [0.5, 0.6) is 0 Å². The molecule has 0 bridgehead atoms. The Balaban J connectivity index is 2.83. The van der Waals surface area contributed by atoms with Gasteiger partial charge in [0.25, 0.3) is 0 Å². The normalized spacial score (nSPS) is 12.4. The number of hydrogen-bond acceptors (Lipinski definition) is 4. The second-order valence-electron chi connectivity index (χ2n) is 4.46. The van der Waals surface area contributed by atoms with E-state index in [9.17, 15) is 9.59 Å². The van der Waals surface area contributed by atoms with Crippen molar-refractivity contribution in [1.29, 1.82) is 0 Å². The smallest absolute Gasteiger partial charge is 0.337 e. The summed E-state index contributed by atoms with van der Waals surface area (Å²) in [7, 11) is 0. The van der Waals surface area contributed by atoms with Crippen molar-refractivity contribution in [2.45, 2.75) is 38.9 Å². The number of carboxylic acids is 1. The van der Waals surface area contributed by atoms with Crippen molar-refractivity contribution in [3.63, 3.8) is 0 Å². The number of carbonyl (C=O) groups excluding carboxylic acids is 1. The summed E-state index contributed by atoms with van der Waals surface area (Å²) >= 11 is 0. The van der Waals surface area contributed by atoms with E-state index in [1.54, 1.807) is 6.07 Å². The highest BCUT2D eigenvalue weighted by molar-refractivity contribution is 5.87. The van der Waals surface area contributed by atoms with E-state index in [1.807, 2.05) is 13.8 Å². The SMILES string of the molecule is CC(C)OC(CCC(N)=O)c1ccc(C(=O)O)cn1. The van der Waals surface area contributed by atoms with Gasteiger partial charge in [0.05, 0.1) is 17.4 Å². The Morgan fingerprint density at radius 2 is 2.11 bits per heavy atom. The molecule has 0 saturated heterocycles. The van der Waals surface area contributed by atoms with Gasteiger partial charge in [-0.15, -0.1) is 0 Å². The molecule has 1 rings (SSSR count). The Morgan fingerprint density at radius 1 is 1.42 bits per heavy atom. The molecule has 0 aromatic carbocycles. The van der Waals surface area contributed by atoms with Crippen LogP contribution in [0.2, 0.25) is 0 Å². The first-order valence-electron chi connectivity index (χ1n) is 6.03. The van der Waals surface area contributed by atoms with E-state index >= 15 is 0 Å². The van der Waals surface area contributed by atoms with E-state index in [0.717, 1.165) is 0 Å². The maximum atomic E-state index is 10.8. The van der Waals surface area contributed by atoms with Gasteiger partial charge in [-0.05, 0) is 32.4 Å². The fourth-order valence-corrected chi connectivity index (χ4v) is 1.61. The molecule has 0 fully saturated rings. The number of nitrogens with zero attached hydrogens (tertiary/aromatic N) is 1. The molecule has 1 aromatic heterocycles. The molecule has 3 N–H and O–H groups in total. The number of ether oxygens (including phenoxy) is 1. The summed E-state index contributed by atoms with van der Waals surface area (Å²) in [4.78, 5) is 25.6. The second kappa shape index (κ2) is 6.84. The zero-order chi connectivity index (χ0) is 14.4. The molecular weight excluding hydrogens is 248 g/mol. The van der Waals surface area contributed by atoms with Crippen molar-refractivity contribution in [1.82, 2.24) is 4.98 Å². The van der Waals surface area contributed by atoms with Crippen LogP contribution in [0, 0.1) is 0 Å². The average Bonchev–Trinajstić information content (AvgIpc) is 2.34. The number of aromatic nitrogens is 1. The van der Waals surface area contributed by atoms with Gasteiger partial charge in [-0.2, -0.15) is 0 Å². The fraction of sp³-hybridized carbons (Fsp3) is 0.462. The molecule has 0 aliphatic heterocycles. The summed E-state index contributed by atoms with van der Waals surface area (Å²) in [6, 6.07) is 3.06. The van der Waals surface area contributed by atoms with Crippen LogP contribution in [0.25, 0.3) is 0 Å². The van der Waals surface area contributed by atoms with Crippen molar-refractivity contribution in [2.75, 3.05) is 0 Å². The zero-order valence-corrected chi connectivity index (χ0v) is 11.0. The Bertz CT molecular complexity index is 442. The van der Waals surface area contributed by atoms with Crippen molar-refractivity contribution in [2.24, 2.45) is 5.73 Å². The second-order valence-corrected chi connectivity index (χ2v) is 4.46. The zero-order valence-electron chi connectivity index (χ0n) is 11.0. The van der Waals surface area contributed by atoms with E-state index < -0.39 is 11.9 Å². The molecule has 19 heavy (non-hydrogen) atoms. The monoisotopic (exact) mass is 266 g/mol. The first-order chi connectivity index (χ1) is 8.90. The number of nitrogens with two attached hydrogens (primary N) is 1. The van der Waals surface area contributed by atoms with Gasteiger partial charge in [-0.3, -0.25) is 9.78 Å². The van der Waals surface area contributed by atoms with Gasteiger partial charge < -0.3 is 15.6 Å². The lowest BCUT2D eigenvalue weighted by atomic mass is 10.1. The third kappa shape index (κ3) is 5.05. The Labute approximate surface area is 111 Å². The number of carboxylic acid groups (broad SMARTS) is 1. The fourth-order valence-electron chi connectivity index (χ4n) is 1.61. The number of rotatable bonds is 7. The number of amides is 1. The number of carbonyl (C=O) groups is 2. The Hall–Kier alpha value is -1.95. The Kier molecular flexibility index (Phi) is 5.44. The molecule has 0 radical (unpaired) electrons. The first-order valence-corrected chi connectivity index (χ1v) is 6.03. The van der Waals surface area contributed by atoms with Gasteiger partial charge in [-0.25, -0.2) is 4.79 Å².